The van der Waals surface area contributed by atoms with E-state index in [2.05, 4.69) is 16.1 Å². The highest BCUT2D eigenvalue weighted by Crippen LogP contribution is 2.33. The zero-order valence-corrected chi connectivity index (χ0v) is 19.7. The van der Waals surface area contributed by atoms with Crippen LogP contribution in [0.15, 0.2) is 42.5 Å². The van der Waals surface area contributed by atoms with Crippen LogP contribution in [0.1, 0.15) is 33.1 Å². The lowest BCUT2D eigenvalue weighted by atomic mass is 9.98. The van der Waals surface area contributed by atoms with E-state index in [1.54, 1.807) is 28.6 Å². The normalized spacial score (nSPS) is 11.8. The molecule has 0 amide bonds. The fraction of sp³-hybridized carbons (Fsp3) is 0.292. The molecule has 0 saturated carbocycles. The fourth-order valence-electron chi connectivity index (χ4n) is 3.45. The molecule has 0 atom stereocenters. The molecule has 0 aliphatic carbocycles. The van der Waals surface area contributed by atoms with Crippen LogP contribution < -0.4 is 0 Å². The van der Waals surface area contributed by atoms with E-state index in [9.17, 15) is 18.0 Å². The van der Waals surface area contributed by atoms with Crippen LogP contribution in [0, 0.1) is 12.3 Å². The second-order valence-electron chi connectivity index (χ2n) is 8.02. The summed E-state index contributed by atoms with van der Waals surface area (Å²) in [6.45, 7) is 0.937. The van der Waals surface area contributed by atoms with Gasteiger partial charge in [0.1, 0.15) is 0 Å². The number of halogens is 4. The van der Waals surface area contributed by atoms with Crippen molar-refractivity contribution < 1.29 is 18.0 Å². The Kier molecular flexibility index (Phi) is 7.77. The van der Waals surface area contributed by atoms with Gasteiger partial charge in [-0.15, -0.1) is 16.6 Å². The van der Waals surface area contributed by atoms with Crippen molar-refractivity contribution in [3.63, 3.8) is 0 Å². The topological polar surface area (TPSA) is 54.3 Å². The molecule has 0 aliphatic rings. The van der Waals surface area contributed by atoms with Gasteiger partial charge in [0.2, 0.25) is 0 Å². The molecule has 0 saturated heterocycles. The SMILES string of the molecule is C#CCN(C)Cc1nnc(CN(C)C)n1-c1ccc(C(F)(F)F)cc1C(=O)c1ccccc1Cl. The molecule has 0 aliphatic heterocycles. The van der Waals surface area contributed by atoms with E-state index < -0.39 is 17.5 Å². The van der Waals surface area contributed by atoms with Gasteiger partial charge >= 0.3 is 6.18 Å². The number of ketones is 1. The lowest BCUT2D eigenvalue weighted by Crippen LogP contribution is -2.23. The molecule has 3 aromatic rings. The number of hydrogen-bond acceptors (Lipinski definition) is 5. The number of benzene rings is 2. The third kappa shape index (κ3) is 5.65. The van der Waals surface area contributed by atoms with Crippen molar-refractivity contribution in [3.05, 3.63) is 75.8 Å². The Labute approximate surface area is 201 Å². The van der Waals surface area contributed by atoms with Gasteiger partial charge in [0.25, 0.3) is 0 Å². The van der Waals surface area contributed by atoms with Crippen molar-refractivity contribution in [2.24, 2.45) is 0 Å². The van der Waals surface area contributed by atoms with E-state index in [0.717, 1.165) is 12.1 Å². The van der Waals surface area contributed by atoms with Crippen LogP contribution in [0.5, 0.6) is 0 Å². The molecule has 3 rings (SSSR count). The summed E-state index contributed by atoms with van der Waals surface area (Å²) in [6.07, 6.45) is 0.763. The quantitative estimate of drug-likeness (QED) is 0.349. The molecule has 0 spiro atoms. The highest BCUT2D eigenvalue weighted by molar-refractivity contribution is 6.35. The number of alkyl halides is 3. The monoisotopic (exact) mass is 489 g/mol. The van der Waals surface area contributed by atoms with Crippen LogP contribution in [0.25, 0.3) is 5.69 Å². The largest absolute Gasteiger partial charge is 0.416 e. The molecule has 1 heterocycles. The number of rotatable bonds is 8. The molecule has 6 nitrogen and oxygen atoms in total. The van der Waals surface area contributed by atoms with Crippen molar-refractivity contribution in [3.8, 4) is 18.0 Å². The van der Waals surface area contributed by atoms with Gasteiger partial charge in [-0.2, -0.15) is 13.2 Å². The number of carbonyl (C=O) groups is 1. The molecule has 2 aromatic carbocycles. The third-order valence-corrected chi connectivity index (χ3v) is 5.28. The van der Waals surface area contributed by atoms with Gasteiger partial charge in [-0.05, 0) is 51.5 Å². The van der Waals surface area contributed by atoms with Gasteiger partial charge in [-0.25, -0.2) is 0 Å². The predicted octanol–water partition coefficient (Wildman–Crippen LogP) is 4.30. The van der Waals surface area contributed by atoms with Crippen LogP contribution in [0.2, 0.25) is 5.02 Å². The van der Waals surface area contributed by atoms with E-state index in [4.69, 9.17) is 18.0 Å². The Morgan fingerprint density at radius 3 is 2.29 bits per heavy atom. The summed E-state index contributed by atoms with van der Waals surface area (Å²) in [7, 11) is 5.44. The molecule has 10 heteroatoms. The summed E-state index contributed by atoms with van der Waals surface area (Å²) in [5.74, 6) is 2.79. The summed E-state index contributed by atoms with van der Waals surface area (Å²) in [6, 6.07) is 9.27. The van der Waals surface area contributed by atoms with E-state index in [1.807, 2.05) is 19.0 Å². The molecule has 0 fully saturated rings. The van der Waals surface area contributed by atoms with Crippen molar-refractivity contribution in [1.29, 1.82) is 0 Å². The molecule has 1 aromatic heterocycles. The van der Waals surface area contributed by atoms with Crippen molar-refractivity contribution in [2.75, 3.05) is 27.7 Å². The van der Waals surface area contributed by atoms with Gasteiger partial charge in [0.05, 0.1) is 35.9 Å². The van der Waals surface area contributed by atoms with E-state index in [0.29, 0.717) is 24.7 Å². The predicted molar refractivity (Wildman–Crippen MR) is 124 cm³/mol. The fourth-order valence-corrected chi connectivity index (χ4v) is 3.67. The summed E-state index contributed by atoms with van der Waals surface area (Å²) < 4.78 is 42.3. The molecular formula is C24H23ClF3N5O. The minimum Gasteiger partial charge on any atom is -0.302 e. The standard InChI is InChI=1S/C24H23ClF3N5O/c1-5-12-32(4)15-22-30-29-21(14-31(2)3)33(22)20-11-10-16(24(26,27)28)13-18(20)23(34)17-8-6-7-9-19(17)25/h1,6-11,13H,12,14-15H2,2-4H3. The van der Waals surface area contributed by atoms with E-state index in [1.165, 1.54) is 18.2 Å². The molecule has 0 unspecified atom stereocenters. The first-order valence-electron chi connectivity index (χ1n) is 10.2. The van der Waals surface area contributed by atoms with Crippen LogP contribution in [0.4, 0.5) is 13.2 Å². The smallest absolute Gasteiger partial charge is 0.302 e. The number of carbonyl (C=O) groups excluding carboxylic acids is 1. The Bertz CT molecular complexity index is 1230. The first-order chi connectivity index (χ1) is 16.0. The van der Waals surface area contributed by atoms with Gasteiger partial charge < -0.3 is 4.90 Å². The lowest BCUT2D eigenvalue weighted by molar-refractivity contribution is -0.137. The first-order valence-corrected chi connectivity index (χ1v) is 10.6. The highest BCUT2D eigenvalue weighted by atomic mass is 35.5. The molecular weight excluding hydrogens is 467 g/mol. The summed E-state index contributed by atoms with van der Waals surface area (Å²) in [5.41, 5.74) is -0.787. The van der Waals surface area contributed by atoms with Crippen molar-refractivity contribution >= 4 is 17.4 Å². The average molecular weight is 490 g/mol. The summed E-state index contributed by atoms with van der Waals surface area (Å²) >= 11 is 6.20. The lowest BCUT2D eigenvalue weighted by Gasteiger charge is -2.20. The van der Waals surface area contributed by atoms with Crippen LogP contribution >= 0.6 is 11.6 Å². The highest BCUT2D eigenvalue weighted by Gasteiger charge is 2.33. The molecule has 178 valence electrons. The van der Waals surface area contributed by atoms with E-state index >= 15 is 0 Å². The second-order valence-corrected chi connectivity index (χ2v) is 8.43. The molecule has 0 radical (unpaired) electrons. The average Bonchev–Trinajstić information content (AvgIpc) is 3.13. The van der Waals surface area contributed by atoms with Gasteiger partial charge in [0.15, 0.2) is 17.4 Å². The minimum atomic E-state index is -4.64. The number of nitrogens with zero attached hydrogens (tertiary/aromatic N) is 5. The molecule has 34 heavy (non-hydrogen) atoms. The van der Waals surface area contributed by atoms with Crippen LogP contribution in [-0.2, 0) is 19.3 Å². The molecule has 0 N–H and O–H groups in total. The second kappa shape index (κ2) is 10.4. The maximum absolute atomic E-state index is 13.6. The summed E-state index contributed by atoms with van der Waals surface area (Å²) in [4.78, 5) is 17.1. The Hall–Kier alpha value is -3.19. The molecule has 0 bridgehead atoms. The zero-order chi connectivity index (χ0) is 25.0. The Morgan fingerprint density at radius 1 is 1.06 bits per heavy atom. The minimum absolute atomic E-state index is 0.0953. The van der Waals surface area contributed by atoms with Crippen LogP contribution in [-0.4, -0.2) is 58.0 Å². The van der Waals surface area contributed by atoms with Gasteiger partial charge in [0, 0.05) is 11.1 Å². The zero-order valence-electron chi connectivity index (χ0n) is 18.9. The Balaban J connectivity index is 2.26. The van der Waals surface area contributed by atoms with E-state index in [-0.39, 0.29) is 28.4 Å². The van der Waals surface area contributed by atoms with Crippen molar-refractivity contribution in [2.45, 2.75) is 19.3 Å². The Morgan fingerprint density at radius 2 is 1.71 bits per heavy atom. The number of hydrogen-bond donors (Lipinski definition) is 0. The number of terminal acetylenes is 1. The number of aromatic nitrogens is 3. The van der Waals surface area contributed by atoms with Gasteiger partial charge in [-0.3, -0.25) is 14.3 Å². The van der Waals surface area contributed by atoms with Crippen LogP contribution in [0.3, 0.4) is 0 Å². The maximum atomic E-state index is 13.6. The van der Waals surface area contributed by atoms with Gasteiger partial charge in [-0.1, -0.05) is 29.7 Å². The first kappa shape index (κ1) is 25.4. The van der Waals surface area contributed by atoms with Crippen molar-refractivity contribution in [1.82, 2.24) is 24.6 Å². The third-order valence-electron chi connectivity index (χ3n) is 4.96. The maximum Gasteiger partial charge on any atom is 0.416 e. The summed E-state index contributed by atoms with van der Waals surface area (Å²) in [5, 5.41) is 8.63.